The lowest BCUT2D eigenvalue weighted by atomic mass is 10.2. The number of aromatic nitrogens is 2. The summed E-state index contributed by atoms with van der Waals surface area (Å²) < 4.78 is 0. The molecule has 0 spiro atoms. The van der Waals surface area contributed by atoms with Gasteiger partial charge in [-0.25, -0.2) is 5.10 Å². The van der Waals surface area contributed by atoms with Crippen LogP contribution in [0.15, 0.2) is 23.0 Å². The van der Waals surface area contributed by atoms with E-state index in [9.17, 15) is 9.59 Å². The molecule has 1 amide bonds. The van der Waals surface area contributed by atoms with Gasteiger partial charge in [0.15, 0.2) is 5.82 Å². The highest BCUT2D eigenvalue weighted by Gasteiger charge is 2.12. The van der Waals surface area contributed by atoms with Crippen molar-refractivity contribution in [1.29, 1.82) is 0 Å². The smallest absolute Gasteiger partial charge is 0.266 e. The van der Waals surface area contributed by atoms with E-state index < -0.39 is 0 Å². The predicted octanol–water partition coefficient (Wildman–Crippen LogP) is 0.702. The fraction of sp³-hybridized carbons (Fsp3) is 0.154. The molecule has 2 aromatic heterocycles. The maximum absolute atomic E-state index is 12.0. The molecule has 0 saturated carbocycles. The molecule has 0 saturated heterocycles. The van der Waals surface area contributed by atoms with Crippen LogP contribution in [0, 0.1) is 18.8 Å². The van der Waals surface area contributed by atoms with E-state index in [1.807, 2.05) is 6.92 Å². The molecule has 2 rings (SSSR count). The minimum Gasteiger partial charge on any atom is -0.320 e. The highest BCUT2D eigenvalue weighted by Crippen LogP contribution is 2.21. The molecule has 102 valence electrons. The number of nitrogens with zero attached hydrogens (tertiary/aromatic N) is 1. The lowest BCUT2D eigenvalue weighted by Crippen LogP contribution is -2.14. The molecule has 0 aliphatic carbocycles. The van der Waals surface area contributed by atoms with Crippen LogP contribution in [0.1, 0.15) is 20.1 Å². The van der Waals surface area contributed by atoms with Crippen molar-refractivity contribution in [1.82, 2.24) is 10.2 Å². The summed E-state index contributed by atoms with van der Waals surface area (Å²) in [5, 5.41) is 8.56. The van der Waals surface area contributed by atoms with Crippen LogP contribution in [0.3, 0.4) is 0 Å². The Kier molecular flexibility index (Phi) is 4.30. The van der Waals surface area contributed by atoms with E-state index in [0.29, 0.717) is 4.88 Å². The zero-order valence-corrected chi connectivity index (χ0v) is 11.5. The minimum absolute atomic E-state index is 0.278. The van der Waals surface area contributed by atoms with Gasteiger partial charge in [0.2, 0.25) is 0 Å². The van der Waals surface area contributed by atoms with Gasteiger partial charge in [-0.2, -0.15) is 5.10 Å². The molecule has 0 unspecified atom stereocenters. The largest absolute Gasteiger partial charge is 0.320 e. The molecule has 0 aliphatic heterocycles. The predicted molar refractivity (Wildman–Crippen MR) is 77.8 cm³/mol. The van der Waals surface area contributed by atoms with Crippen LogP contribution in [0.2, 0.25) is 0 Å². The molecule has 6 nitrogen and oxygen atoms in total. The lowest BCUT2D eigenvalue weighted by Gasteiger charge is -2.00. The second kappa shape index (κ2) is 6.14. The average molecular weight is 288 g/mol. The van der Waals surface area contributed by atoms with E-state index in [1.54, 1.807) is 6.07 Å². The van der Waals surface area contributed by atoms with E-state index in [2.05, 4.69) is 27.4 Å². The number of nitrogens with two attached hydrogens (primary N) is 1. The molecule has 20 heavy (non-hydrogen) atoms. The van der Waals surface area contributed by atoms with E-state index in [4.69, 9.17) is 5.73 Å². The van der Waals surface area contributed by atoms with Crippen molar-refractivity contribution in [2.24, 2.45) is 5.73 Å². The Morgan fingerprint density at radius 2 is 2.35 bits per heavy atom. The summed E-state index contributed by atoms with van der Waals surface area (Å²) in [5.74, 6) is 5.67. The fourth-order valence-electron chi connectivity index (χ4n) is 1.44. The molecule has 0 aromatic carbocycles. The third kappa shape index (κ3) is 3.32. The van der Waals surface area contributed by atoms with Crippen LogP contribution in [0.25, 0.3) is 0 Å². The Morgan fingerprint density at radius 3 is 3.00 bits per heavy atom. The number of aryl methyl sites for hydroxylation is 1. The topological polar surface area (TPSA) is 101 Å². The fourth-order valence-corrected chi connectivity index (χ4v) is 2.38. The number of rotatable bonds is 2. The number of hydrogen-bond donors (Lipinski definition) is 3. The molecular weight excluding hydrogens is 276 g/mol. The van der Waals surface area contributed by atoms with Crippen LogP contribution in [-0.2, 0) is 0 Å². The van der Waals surface area contributed by atoms with Gasteiger partial charge in [-0.15, -0.1) is 11.3 Å². The van der Waals surface area contributed by atoms with E-state index in [1.165, 1.54) is 23.5 Å². The maximum Gasteiger partial charge on any atom is 0.266 e. The molecule has 2 aromatic rings. The van der Waals surface area contributed by atoms with Crippen LogP contribution in [0.5, 0.6) is 0 Å². The number of hydrogen-bond acceptors (Lipinski definition) is 5. The summed E-state index contributed by atoms with van der Waals surface area (Å²) in [4.78, 5) is 24.2. The third-order valence-corrected chi connectivity index (χ3v) is 3.52. The van der Waals surface area contributed by atoms with Gasteiger partial charge in [0.1, 0.15) is 0 Å². The zero-order valence-electron chi connectivity index (χ0n) is 10.7. The number of H-pyrrole nitrogens is 1. The van der Waals surface area contributed by atoms with Gasteiger partial charge in [0, 0.05) is 6.07 Å². The Hall–Kier alpha value is -2.43. The number of carbonyl (C=O) groups is 1. The van der Waals surface area contributed by atoms with Crippen molar-refractivity contribution >= 4 is 23.1 Å². The second-order valence-corrected chi connectivity index (χ2v) is 4.94. The van der Waals surface area contributed by atoms with Gasteiger partial charge < -0.3 is 11.1 Å². The van der Waals surface area contributed by atoms with Crippen LogP contribution < -0.4 is 16.6 Å². The number of carbonyl (C=O) groups excluding carboxylic acids is 1. The van der Waals surface area contributed by atoms with Gasteiger partial charge in [-0.1, -0.05) is 11.8 Å². The molecule has 0 bridgehead atoms. The van der Waals surface area contributed by atoms with E-state index >= 15 is 0 Å². The van der Waals surface area contributed by atoms with Gasteiger partial charge in [-0.05, 0) is 24.6 Å². The number of anilines is 1. The molecule has 0 atom stereocenters. The average Bonchev–Trinajstić information content (AvgIpc) is 2.80. The maximum atomic E-state index is 12.0. The molecule has 4 N–H and O–H groups in total. The Labute approximate surface area is 119 Å². The normalized spacial score (nSPS) is 9.70. The first kappa shape index (κ1) is 14.0. The monoisotopic (exact) mass is 288 g/mol. The number of nitrogens with one attached hydrogen (secondary N) is 2. The first-order chi connectivity index (χ1) is 9.60. The Balaban J connectivity index is 2.17. The highest BCUT2D eigenvalue weighted by molar-refractivity contribution is 7.14. The minimum atomic E-state index is -0.325. The summed E-state index contributed by atoms with van der Waals surface area (Å²) >= 11 is 1.29. The molecule has 0 fully saturated rings. The van der Waals surface area contributed by atoms with E-state index in [-0.39, 0.29) is 23.8 Å². The Morgan fingerprint density at radius 1 is 1.55 bits per heavy atom. The number of aromatic amines is 1. The first-order valence-corrected chi connectivity index (χ1v) is 6.58. The number of thiophene rings is 1. The lowest BCUT2D eigenvalue weighted by molar-refractivity contribution is 0.103. The van der Waals surface area contributed by atoms with Crippen molar-refractivity contribution in [3.63, 3.8) is 0 Å². The molecular formula is C13H12N4O2S. The number of amides is 1. The van der Waals surface area contributed by atoms with Gasteiger partial charge in [0.25, 0.3) is 11.5 Å². The molecule has 2 heterocycles. The second-order valence-electron chi connectivity index (χ2n) is 3.89. The summed E-state index contributed by atoms with van der Waals surface area (Å²) in [6, 6.07) is 4.49. The van der Waals surface area contributed by atoms with Crippen molar-refractivity contribution in [2.45, 2.75) is 6.92 Å². The van der Waals surface area contributed by atoms with Crippen molar-refractivity contribution in [2.75, 3.05) is 11.9 Å². The SMILES string of the molecule is Cc1cc(C(=O)Nc2ccc(=O)[nH]n2)sc1C#CCN. The van der Waals surface area contributed by atoms with Crippen molar-refractivity contribution < 1.29 is 4.79 Å². The zero-order chi connectivity index (χ0) is 14.5. The first-order valence-electron chi connectivity index (χ1n) is 5.76. The van der Waals surface area contributed by atoms with Gasteiger partial charge in [-0.3, -0.25) is 9.59 Å². The third-order valence-electron chi connectivity index (χ3n) is 2.37. The summed E-state index contributed by atoms with van der Waals surface area (Å²) in [6.07, 6.45) is 0. The summed E-state index contributed by atoms with van der Waals surface area (Å²) in [5.41, 5.74) is 5.92. The standard InChI is InChI=1S/C13H12N4O2S/c1-8-7-10(20-9(8)3-2-6-14)13(19)15-11-4-5-12(18)17-16-11/h4-5,7H,6,14H2,1H3,(H,17,18)(H,15,16,19). The van der Waals surface area contributed by atoms with Crippen molar-refractivity contribution in [3.05, 3.63) is 43.9 Å². The van der Waals surface area contributed by atoms with E-state index in [0.717, 1.165) is 10.4 Å². The van der Waals surface area contributed by atoms with Gasteiger partial charge >= 0.3 is 0 Å². The quantitative estimate of drug-likeness (QED) is 0.708. The molecule has 0 radical (unpaired) electrons. The Bertz CT molecular complexity index is 731. The van der Waals surface area contributed by atoms with Crippen LogP contribution in [-0.4, -0.2) is 22.6 Å². The van der Waals surface area contributed by atoms with Crippen molar-refractivity contribution in [3.8, 4) is 11.8 Å². The van der Waals surface area contributed by atoms with Crippen LogP contribution in [0.4, 0.5) is 5.82 Å². The van der Waals surface area contributed by atoms with Crippen LogP contribution >= 0.6 is 11.3 Å². The molecule has 7 heteroatoms. The van der Waals surface area contributed by atoms with Gasteiger partial charge in [0.05, 0.1) is 16.3 Å². The molecule has 0 aliphatic rings. The highest BCUT2D eigenvalue weighted by atomic mass is 32.1. The summed E-state index contributed by atoms with van der Waals surface area (Å²) in [6.45, 7) is 2.16. The summed E-state index contributed by atoms with van der Waals surface area (Å²) in [7, 11) is 0.